The van der Waals surface area contributed by atoms with Crippen LogP contribution >= 0.6 is 23.4 Å². The summed E-state index contributed by atoms with van der Waals surface area (Å²) in [5, 5.41) is 0. The summed E-state index contributed by atoms with van der Waals surface area (Å²) in [5.41, 5.74) is 0. The van der Waals surface area contributed by atoms with Crippen LogP contribution in [-0.4, -0.2) is 41.9 Å². The Labute approximate surface area is 69.9 Å². The predicted octanol–water partition coefficient (Wildman–Crippen LogP) is -1.26. The molecule has 37 valence electrons. The van der Waals surface area contributed by atoms with E-state index in [0.717, 1.165) is 0 Å². The molecule has 0 amide bonds. The van der Waals surface area contributed by atoms with Crippen LogP contribution in [0.5, 0.6) is 0 Å². The van der Waals surface area contributed by atoms with Crippen molar-refractivity contribution in [2.45, 2.75) is 0 Å². The monoisotopic (exact) mass is 187 g/mol. The second-order valence-corrected chi connectivity index (χ2v) is 0. The molecule has 5 radical (unpaired) electrons. The van der Waals surface area contributed by atoms with Crippen LogP contribution in [0.25, 0.3) is 0 Å². The van der Waals surface area contributed by atoms with Gasteiger partial charge in [-0.25, -0.2) is 0 Å². The summed E-state index contributed by atoms with van der Waals surface area (Å²) >= 11 is 0. The van der Waals surface area contributed by atoms with E-state index < -0.39 is 0 Å². The van der Waals surface area contributed by atoms with Crippen LogP contribution in [0.3, 0.4) is 0 Å². The van der Waals surface area contributed by atoms with Crippen molar-refractivity contribution >= 4 is 59.9 Å². The summed E-state index contributed by atoms with van der Waals surface area (Å²) in [6.07, 6.45) is 0. The first-order valence-corrected chi connectivity index (χ1v) is 0. The number of rotatable bonds is 0. The average molecular weight is 186 g/mol. The molecule has 0 fully saturated rings. The van der Waals surface area contributed by atoms with E-state index in [4.69, 9.17) is 0 Å². The van der Waals surface area contributed by atoms with Crippen LogP contribution in [-0.2, 0) is 0 Å². The van der Waals surface area contributed by atoms with E-state index in [-0.39, 0.29) is 70.0 Å². The van der Waals surface area contributed by atoms with Gasteiger partial charge in [0.1, 0.15) is 0 Å². The number of hydrogen-bond acceptors (Lipinski definition) is 0. The zero-order valence-electron chi connectivity index (χ0n) is 3.62. The van der Waals surface area contributed by atoms with Crippen LogP contribution in [0.15, 0.2) is 0 Å². The Morgan fingerprint density at radius 2 is 1.00 bits per heavy atom. The first-order chi connectivity index (χ1) is 0. The molecule has 0 spiro atoms. The molecule has 0 saturated carbocycles. The van der Waals surface area contributed by atoms with Gasteiger partial charge in [-0.2, -0.15) is 23.4 Å². The predicted molar refractivity (Wildman–Crippen MR) is 39.1 cm³/mol. The van der Waals surface area contributed by atoms with E-state index in [1.54, 1.807) is 0 Å². The quantitative estimate of drug-likeness (QED) is 0.333. The van der Waals surface area contributed by atoms with Gasteiger partial charge in [-0.15, -0.1) is 0 Å². The minimum Gasteiger partial charge on any atom is -0.412 e. The molecule has 0 heterocycles. The third-order valence-electron chi connectivity index (χ3n) is 0. The fraction of sp³-hybridized carbons (Fsp3) is 0. The molecule has 0 rings (SSSR count). The third-order valence-corrected chi connectivity index (χ3v) is 0. The molecule has 1 unspecified atom stereocenters. The Hall–Kier alpha value is 1.81. The first kappa shape index (κ1) is 111. The Morgan fingerprint density at radius 3 is 1.00 bits per heavy atom. The van der Waals surface area contributed by atoms with Crippen molar-refractivity contribution in [2.24, 2.45) is 0 Å². The fourth-order valence-corrected chi connectivity index (χ4v) is 0. The largest absolute Gasteiger partial charge is 0.412 e. The maximum atomic E-state index is 0. The van der Waals surface area contributed by atoms with Crippen molar-refractivity contribution in [1.29, 1.82) is 0 Å². The summed E-state index contributed by atoms with van der Waals surface area (Å²) in [6, 6.07) is 0. The van der Waals surface area contributed by atoms with Gasteiger partial charge in [0.2, 0.25) is 0 Å². The second kappa shape index (κ2) is 70.2. The number of halogens is 1. The van der Waals surface area contributed by atoms with Crippen LogP contribution in [0.4, 0.5) is 4.70 Å². The van der Waals surface area contributed by atoms with Gasteiger partial charge in [-0.3, -0.25) is 4.70 Å². The molecule has 2 N–H and O–H groups in total. The molecule has 0 aliphatic heterocycles. The molecule has 0 saturated heterocycles. The van der Waals surface area contributed by atoms with E-state index >= 15 is 0 Å². The van der Waals surface area contributed by atoms with Gasteiger partial charge >= 0.3 is 0 Å². The molecule has 0 aromatic rings. The molecule has 6 heteroatoms. The molecular formula is H8FGeLiOPS. The minimum atomic E-state index is 0. The van der Waals surface area contributed by atoms with Crippen molar-refractivity contribution < 1.29 is 10.2 Å². The molecule has 1 atom stereocenters. The standard InChI is InChI=1S/FH.Ge.Li.H2O.H3P.H2S/h1H;;;1H2;1H3;1H2. The summed E-state index contributed by atoms with van der Waals surface area (Å²) in [4.78, 5) is 0. The molecule has 0 bridgehead atoms. The van der Waals surface area contributed by atoms with E-state index in [0.29, 0.717) is 0 Å². The molecule has 6 heavy (non-hydrogen) atoms. The van der Waals surface area contributed by atoms with Crippen molar-refractivity contribution in [3.63, 3.8) is 0 Å². The fourth-order valence-electron chi connectivity index (χ4n) is 0. The minimum absolute atomic E-state index is 0. The summed E-state index contributed by atoms with van der Waals surface area (Å²) < 4.78 is 0. The van der Waals surface area contributed by atoms with Crippen LogP contribution < -0.4 is 0 Å². The second-order valence-electron chi connectivity index (χ2n) is 0. The molecule has 0 aromatic heterocycles. The zero-order valence-corrected chi connectivity index (χ0v) is 8.13. The van der Waals surface area contributed by atoms with Crippen molar-refractivity contribution in [2.75, 3.05) is 0 Å². The molecule has 1 nitrogen and oxygen atoms in total. The van der Waals surface area contributed by atoms with Crippen molar-refractivity contribution in [1.82, 2.24) is 0 Å². The Morgan fingerprint density at radius 1 is 1.00 bits per heavy atom. The topological polar surface area (TPSA) is 31.5 Å². The maximum absolute atomic E-state index is 0. The van der Waals surface area contributed by atoms with Gasteiger partial charge in [0.05, 0.1) is 0 Å². The van der Waals surface area contributed by atoms with Gasteiger partial charge < -0.3 is 5.48 Å². The van der Waals surface area contributed by atoms with Gasteiger partial charge in [-0.05, 0) is 0 Å². The number of hydrogen-bond donors (Lipinski definition) is 0. The Balaban J connectivity index is 0. The maximum Gasteiger partial charge on any atom is 0 e. The molecule has 0 aromatic carbocycles. The van der Waals surface area contributed by atoms with E-state index in [9.17, 15) is 0 Å². The van der Waals surface area contributed by atoms with Gasteiger partial charge in [0, 0.05) is 36.5 Å². The molecular weight excluding hydrogens is 178 g/mol. The zero-order chi connectivity index (χ0) is 0. The normalized spacial score (nSPS) is 0. The molecule has 0 aliphatic carbocycles. The summed E-state index contributed by atoms with van der Waals surface area (Å²) in [6.45, 7) is 0. The van der Waals surface area contributed by atoms with Crippen molar-refractivity contribution in [3.8, 4) is 0 Å². The average Bonchev–Trinajstić information content (AvgIpc) is 0. The Bertz CT molecular complexity index is 15.5. The summed E-state index contributed by atoms with van der Waals surface area (Å²) in [5.74, 6) is 0. The SMILES string of the molecule is F.O.P.S.[Ge].[Li]. The van der Waals surface area contributed by atoms with Gasteiger partial charge in [0.15, 0.2) is 0 Å². The van der Waals surface area contributed by atoms with Crippen molar-refractivity contribution in [3.05, 3.63) is 0 Å². The van der Waals surface area contributed by atoms with Gasteiger partial charge in [-0.1, -0.05) is 0 Å². The van der Waals surface area contributed by atoms with E-state index in [1.807, 2.05) is 0 Å². The van der Waals surface area contributed by atoms with Crippen LogP contribution in [0.2, 0.25) is 0 Å². The van der Waals surface area contributed by atoms with Gasteiger partial charge in [0.25, 0.3) is 0 Å². The van der Waals surface area contributed by atoms with Crippen LogP contribution in [0.1, 0.15) is 0 Å². The Kier molecular flexibility index (Phi) is 1290. The smallest absolute Gasteiger partial charge is 0 e. The van der Waals surface area contributed by atoms with Crippen LogP contribution in [0, 0.1) is 0 Å². The molecule has 0 aliphatic rings. The van der Waals surface area contributed by atoms with E-state index in [1.165, 1.54) is 0 Å². The third kappa shape index (κ3) is 41.0. The first-order valence-electron chi connectivity index (χ1n) is 0. The van der Waals surface area contributed by atoms with E-state index in [2.05, 4.69) is 0 Å². The summed E-state index contributed by atoms with van der Waals surface area (Å²) in [7, 11) is 0.